The van der Waals surface area contributed by atoms with E-state index in [2.05, 4.69) is 41.1 Å². The highest BCUT2D eigenvalue weighted by Crippen LogP contribution is 2.25. The molecule has 2 saturated heterocycles. The third-order valence-electron chi connectivity index (χ3n) is 5.79. The van der Waals surface area contributed by atoms with Crippen molar-refractivity contribution in [2.24, 2.45) is 0 Å². The van der Waals surface area contributed by atoms with Crippen LogP contribution in [0.3, 0.4) is 0 Å². The molecule has 0 radical (unpaired) electrons. The van der Waals surface area contributed by atoms with Crippen LogP contribution in [0, 0.1) is 0 Å². The van der Waals surface area contributed by atoms with Crippen molar-refractivity contribution < 1.29 is 4.79 Å². The Bertz CT molecular complexity index is 551. The monoisotopic (exact) mass is 343 g/mol. The number of nitrogens with zero attached hydrogens (tertiary/aromatic N) is 2. The molecule has 2 fully saturated rings. The zero-order chi connectivity index (χ0) is 17.7. The van der Waals surface area contributed by atoms with Gasteiger partial charge in [-0.1, -0.05) is 12.8 Å². The second-order valence-electron chi connectivity index (χ2n) is 7.93. The molecule has 1 aromatic carbocycles. The van der Waals surface area contributed by atoms with E-state index in [0.717, 1.165) is 44.8 Å². The first-order chi connectivity index (χ1) is 12.1. The molecule has 3 rings (SSSR count). The molecule has 2 aliphatic rings. The zero-order valence-electron chi connectivity index (χ0n) is 15.9. The van der Waals surface area contributed by atoms with Crippen molar-refractivity contribution in [1.82, 2.24) is 10.2 Å². The van der Waals surface area contributed by atoms with Crippen LogP contribution in [0.5, 0.6) is 0 Å². The molecule has 1 aromatic rings. The number of hydrogen-bond acceptors (Lipinski definition) is 4. The molecule has 2 aliphatic heterocycles. The van der Waals surface area contributed by atoms with Gasteiger partial charge in [0.15, 0.2) is 5.78 Å². The summed E-state index contributed by atoms with van der Waals surface area (Å²) in [6.45, 7) is 10.5. The maximum Gasteiger partial charge on any atom is 0.182 e. The van der Waals surface area contributed by atoms with Crippen LogP contribution >= 0.6 is 0 Å². The Balaban J connectivity index is 1.70. The molecule has 0 amide bonds. The van der Waals surface area contributed by atoms with E-state index in [1.165, 1.54) is 37.8 Å². The second-order valence-corrected chi connectivity index (χ2v) is 7.93. The number of hydrogen-bond donors (Lipinski definition) is 1. The van der Waals surface area contributed by atoms with Gasteiger partial charge in [-0.05, 0) is 77.0 Å². The average molecular weight is 344 g/mol. The van der Waals surface area contributed by atoms with E-state index in [1.807, 2.05) is 12.1 Å². The molecule has 0 aromatic heterocycles. The highest BCUT2D eigenvalue weighted by atomic mass is 16.1. The maximum absolute atomic E-state index is 13.2. The number of anilines is 1. The number of benzene rings is 1. The van der Waals surface area contributed by atoms with Crippen molar-refractivity contribution >= 4 is 11.5 Å². The van der Waals surface area contributed by atoms with Gasteiger partial charge in [-0.15, -0.1) is 0 Å². The Morgan fingerprint density at radius 1 is 0.880 bits per heavy atom. The van der Waals surface area contributed by atoms with Crippen molar-refractivity contribution in [3.8, 4) is 0 Å². The van der Waals surface area contributed by atoms with Gasteiger partial charge in [0.2, 0.25) is 0 Å². The Hall–Kier alpha value is -1.39. The minimum absolute atomic E-state index is 0.249. The Morgan fingerprint density at radius 2 is 1.56 bits per heavy atom. The van der Waals surface area contributed by atoms with E-state index in [4.69, 9.17) is 0 Å². The lowest BCUT2D eigenvalue weighted by atomic mass is 9.90. The predicted octanol–water partition coefficient (Wildman–Crippen LogP) is 3.32. The summed E-state index contributed by atoms with van der Waals surface area (Å²) in [6.07, 6.45) is 6.17. The third-order valence-corrected chi connectivity index (χ3v) is 5.79. The molecule has 0 spiro atoms. The minimum atomic E-state index is -0.418. The number of Topliss-reactive ketones (excluding diaryl/α,β-unsaturated/α-hetero) is 1. The lowest BCUT2D eigenvalue weighted by Gasteiger charge is -2.36. The molecule has 0 bridgehead atoms. The quantitative estimate of drug-likeness (QED) is 0.851. The van der Waals surface area contributed by atoms with Crippen LogP contribution in [-0.4, -0.2) is 55.5 Å². The van der Waals surface area contributed by atoms with E-state index in [0.29, 0.717) is 0 Å². The highest BCUT2D eigenvalue weighted by Gasteiger charge is 2.35. The first-order valence-corrected chi connectivity index (χ1v) is 9.94. The minimum Gasteiger partial charge on any atom is -0.370 e. The normalized spacial score (nSPS) is 20.8. The molecule has 1 N–H and O–H groups in total. The fourth-order valence-electron chi connectivity index (χ4n) is 4.05. The number of carbonyl (C=O) groups is 1. The maximum atomic E-state index is 13.2. The molecule has 4 heteroatoms. The first-order valence-electron chi connectivity index (χ1n) is 9.94. The Morgan fingerprint density at radius 3 is 2.24 bits per heavy atom. The van der Waals surface area contributed by atoms with Gasteiger partial charge in [0.05, 0.1) is 5.54 Å². The molecule has 4 nitrogen and oxygen atoms in total. The van der Waals surface area contributed by atoms with Gasteiger partial charge in [-0.3, -0.25) is 9.69 Å². The smallest absolute Gasteiger partial charge is 0.182 e. The molecule has 138 valence electrons. The van der Waals surface area contributed by atoms with E-state index >= 15 is 0 Å². The molecule has 0 saturated carbocycles. The van der Waals surface area contributed by atoms with Crippen molar-refractivity contribution in [2.75, 3.05) is 44.2 Å². The summed E-state index contributed by atoms with van der Waals surface area (Å²) in [5.74, 6) is 0.249. The largest absolute Gasteiger partial charge is 0.370 e. The van der Waals surface area contributed by atoms with Gasteiger partial charge in [0, 0.05) is 30.9 Å². The summed E-state index contributed by atoms with van der Waals surface area (Å²) in [7, 11) is 0. The van der Waals surface area contributed by atoms with Gasteiger partial charge >= 0.3 is 0 Å². The number of rotatable bonds is 4. The van der Waals surface area contributed by atoms with E-state index < -0.39 is 5.54 Å². The fourth-order valence-corrected chi connectivity index (χ4v) is 4.05. The molecule has 0 atom stereocenters. The number of likely N-dealkylation sites (tertiary alicyclic amines) is 1. The van der Waals surface area contributed by atoms with Gasteiger partial charge < -0.3 is 10.2 Å². The SMILES string of the molecule is CC(C)(C(=O)c1ccc(N2CCCNCC2)cc1)N1CCCCCC1. The van der Waals surface area contributed by atoms with Crippen LogP contribution in [0.1, 0.15) is 56.3 Å². The fraction of sp³-hybridized carbons (Fsp3) is 0.667. The van der Waals surface area contributed by atoms with Gasteiger partial charge in [-0.25, -0.2) is 0 Å². The molecule has 0 aliphatic carbocycles. The molecule has 25 heavy (non-hydrogen) atoms. The van der Waals surface area contributed by atoms with E-state index in [1.54, 1.807) is 0 Å². The van der Waals surface area contributed by atoms with E-state index in [-0.39, 0.29) is 5.78 Å². The Labute approximate surface area is 152 Å². The molecule has 0 unspecified atom stereocenters. The summed E-state index contributed by atoms with van der Waals surface area (Å²) in [5, 5.41) is 3.44. The number of carbonyl (C=O) groups excluding carboxylic acids is 1. The molecule has 2 heterocycles. The van der Waals surface area contributed by atoms with Crippen molar-refractivity contribution in [3.05, 3.63) is 29.8 Å². The predicted molar refractivity (Wildman–Crippen MR) is 105 cm³/mol. The van der Waals surface area contributed by atoms with Gasteiger partial charge in [0.25, 0.3) is 0 Å². The van der Waals surface area contributed by atoms with Crippen molar-refractivity contribution in [1.29, 1.82) is 0 Å². The van der Waals surface area contributed by atoms with Crippen LogP contribution in [0.4, 0.5) is 5.69 Å². The average Bonchev–Trinajstić information content (AvgIpc) is 3.06. The standard InChI is InChI=1S/C21H33N3O/c1-21(2,24-15-5-3-4-6-16-24)20(25)18-8-10-19(11-9-18)23-14-7-12-22-13-17-23/h8-11,22H,3-7,12-17H2,1-2H3. The van der Waals surface area contributed by atoms with Crippen LogP contribution in [0.25, 0.3) is 0 Å². The van der Waals surface area contributed by atoms with E-state index in [9.17, 15) is 4.79 Å². The molecular formula is C21H33N3O. The molecular weight excluding hydrogens is 310 g/mol. The van der Waals surface area contributed by atoms with Gasteiger partial charge in [-0.2, -0.15) is 0 Å². The summed E-state index contributed by atoms with van der Waals surface area (Å²) in [6, 6.07) is 8.29. The summed E-state index contributed by atoms with van der Waals surface area (Å²) in [4.78, 5) is 18.0. The Kier molecular flexibility index (Phi) is 6.13. The lowest BCUT2D eigenvalue weighted by Crippen LogP contribution is -2.50. The summed E-state index contributed by atoms with van der Waals surface area (Å²) in [5.41, 5.74) is 1.65. The highest BCUT2D eigenvalue weighted by molar-refractivity contribution is 6.02. The van der Waals surface area contributed by atoms with Gasteiger partial charge in [0.1, 0.15) is 0 Å². The summed E-state index contributed by atoms with van der Waals surface area (Å²) < 4.78 is 0. The third kappa shape index (κ3) is 4.42. The second kappa shape index (κ2) is 8.33. The topological polar surface area (TPSA) is 35.6 Å². The lowest BCUT2D eigenvalue weighted by molar-refractivity contribution is 0.0649. The zero-order valence-corrected chi connectivity index (χ0v) is 15.9. The first kappa shape index (κ1) is 18.4. The van der Waals surface area contributed by atoms with Crippen molar-refractivity contribution in [3.63, 3.8) is 0 Å². The van der Waals surface area contributed by atoms with Crippen molar-refractivity contribution in [2.45, 2.75) is 51.5 Å². The van der Waals surface area contributed by atoms with Crippen LogP contribution < -0.4 is 10.2 Å². The number of ketones is 1. The summed E-state index contributed by atoms with van der Waals surface area (Å²) >= 11 is 0. The number of nitrogens with one attached hydrogen (secondary N) is 1. The van der Waals surface area contributed by atoms with Crippen LogP contribution in [0.15, 0.2) is 24.3 Å². The van der Waals surface area contributed by atoms with Crippen LogP contribution in [-0.2, 0) is 0 Å². The van der Waals surface area contributed by atoms with Crippen LogP contribution in [0.2, 0.25) is 0 Å².